The zero-order chi connectivity index (χ0) is 14.5. The van der Waals surface area contributed by atoms with Crippen LogP contribution in [-0.2, 0) is 12.8 Å². The molecule has 0 amide bonds. The summed E-state index contributed by atoms with van der Waals surface area (Å²) in [6.07, 6.45) is 1.44. The summed E-state index contributed by atoms with van der Waals surface area (Å²) in [5.74, 6) is -0.315. The van der Waals surface area contributed by atoms with E-state index in [-0.39, 0.29) is 17.6 Å². The normalized spacial score (nSPS) is 12.4. The van der Waals surface area contributed by atoms with Gasteiger partial charge in [-0.3, -0.25) is 0 Å². The molecule has 0 aliphatic rings. The molecule has 0 aliphatic heterocycles. The van der Waals surface area contributed by atoms with Crippen molar-refractivity contribution in [2.24, 2.45) is 11.7 Å². The summed E-state index contributed by atoms with van der Waals surface area (Å²) in [5.41, 5.74) is 7.74. The highest BCUT2D eigenvalue weighted by molar-refractivity contribution is 9.10. The van der Waals surface area contributed by atoms with Gasteiger partial charge >= 0.3 is 0 Å². The minimum absolute atomic E-state index is 0.193. The van der Waals surface area contributed by atoms with Crippen LogP contribution in [0.2, 0.25) is 0 Å². The molecular formula is C16H16BrF2N. The first-order valence-electron chi connectivity index (χ1n) is 6.47. The Labute approximate surface area is 125 Å². The Balaban J connectivity index is 2.09. The lowest BCUT2D eigenvalue weighted by Crippen LogP contribution is -2.19. The largest absolute Gasteiger partial charge is 0.330 e. The van der Waals surface area contributed by atoms with Crippen molar-refractivity contribution in [1.82, 2.24) is 0 Å². The van der Waals surface area contributed by atoms with E-state index in [1.54, 1.807) is 18.2 Å². The van der Waals surface area contributed by atoms with Crippen molar-refractivity contribution < 1.29 is 8.78 Å². The highest BCUT2D eigenvalue weighted by Crippen LogP contribution is 2.24. The minimum Gasteiger partial charge on any atom is -0.330 e. The van der Waals surface area contributed by atoms with E-state index >= 15 is 0 Å². The quantitative estimate of drug-likeness (QED) is 0.872. The van der Waals surface area contributed by atoms with Gasteiger partial charge in [-0.2, -0.15) is 0 Å². The second kappa shape index (κ2) is 6.95. The Morgan fingerprint density at radius 2 is 1.70 bits per heavy atom. The van der Waals surface area contributed by atoms with Crippen LogP contribution in [0, 0.1) is 17.6 Å². The van der Waals surface area contributed by atoms with Crippen molar-refractivity contribution >= 4 is 15.9 Å². The van der Waals surface area contributed by atoms with Gasteiger partial charge in [-0.1, -0.05) is 24.3 Å². The summed E-state index contributed by atoms with van der Waals surface area (Å²) in [6, 6.07) is 11.4. The van der Waals surface area contributed by atoms with Crippen LogP contribution in [0.5, 0.6) is 0 Å². The van der Waals surface area contributed by atoms with E-state index < -0.39 is 0 Å². The molecule has 0 radical (unpaired) electrons. The average Bonchev–Trinajstić information content (AvgIpc) is 2.45. The van der Waals surface area contributed by atoms with Gasteiger partial charge < -0.3 is 5.73 Å². The molecule has 0 heterocycles. The van der Waals surface area contributed by atoms with Crippen molar-refractivity contribution in [3.05, 3.63) is 69.7 Å². The Bertz CT molecular complexity index is 569. The van der Waals surface area contributed by atoms with Crippen LogP contribution in [0.4, 0.5) is 8.78 Å². The molecule has 2 aromatic carbocycles. The van der Waals surface area contributed by atoms with Gasteiger partial charge in [0.05, 0.1) is 4.47 Å². The van der Waals surface area contributed by atoms with Gasteiger partial charge in [0.1, 0.15) is 11.6 Å². The zero-order valence-corrected chi connectivity index (χ0v) is 12.5. The SMILES string of the molecule is NCC(Cc1ccc(F)cc1)Cc1cccc(F)c1Br. The predicted octanol–water partition coefficient (Wildman–Crippen LogP) is 4.09. The van der Waals surface area contributed by atoms with E-state index in [0.717, 1.165) is 17.5 Å². The average molecular weight is 340 g/mol. The fraction of sp³-hybridized carbons (Fsp3) is 0.250. The lowest BCUT2D eigenvalue weighted by molar-refractivity contribution is 0.527. The molecule has 0 fully saturated rings. The maximum absolute atomic E-state index is 13.5. The zero-order valence-electron chi connectivity index (χ0n) is 11.0. The molecule has 106 valence electrons. The fourth-order valence-electron chi connectivity index (χ4n) is 2.21. The van der Waals surface area contributed by atoms with Gasteiger partial charge in [-0.15, -0.1) is 0 Å². The Morgan fingerprint density at radius 1 is 1.00 bits per heavy atom. The second-order valence-electron chi connectivity index (χ2n) is 4.85. The molecule has 0 bridgehead atoms. The van der Waals surface area contributed by atoms with Gasteiger partial charge in [-0.25, -0.2) is 8.78 Å². The standard InChI is InChI=1S/C16H16BrF2N/c17-16-13(2-1-3-15(16)19)9-12(10-20)8-11-4-6-14(18)7-5-11/h1-7,12H,8-10,20H2. The van der Waals surface area contributed by atoms with Crippen LogP contribution < -0.4 is 5.73 Å². The summed E-state index contributed by atoms with van der Waals surface area (Å²) in [6.45, 7) is 0.500. The summed E-state index contributed by atoms with van der Waals surface area (Å²) >= 11 is 3.27. The summed E-state index contributed by atoms with van der Waals surface area (Å²) in [5, 5.41) is 0. The third-order valence-electron chi connectivity index (χ3n) is 3.31. The van der Waals surface area contributed by atoms with Crippen LogP contribution in [0.25, 0.3) is 0 Å². The van der Waals surface area contributed by atoms with E-state index in [9.17, 15) is 8.78 Å². The van der Waals surface area contributed by atoms with Crippen molar-refractivity contribution in [1.29, 1.82) is 0 Å². The smallest absolute Gasteiger partial charge is 0.137 e. The summed E-state index contributed by atoms with van der Waals surface area (Å²) in [4.78, 5) is 0. The molecule has 4 heteroatoms. The van der Waals surface area contributed by atoms with E-state index in [0.29, 0.717) is 17.4 Å². The van der Waals surface area contributed by atoms with Crippen molar-refractivity contribution in [2.75, 3.05) is 6.54 Å². The molecule has 0 spiro atoms. The number of halogens is 3. The third-order valence-corrected chi connectivity index (χ3v) is 4.20. The molecule has 1 atom stereocenters. The number of hydrogen-bond donors (Lipinski definition) is 1. The van der Waals surface area contributed by atoms with Gasteiger partial charge in [0.25, 0.3) is 0 Å². The monoisotopic (exact) mass is 339 g/mol. The van der Waals surface area contributed by atoms with Crippen molar-refractivity contribution in [3.63, 3.8) is 0 Å². The van der Waals surface area contributed by atoms with Crippen LogP contribution in [0.3, 0.4) is 0 Å². The molecule has 1 nitrogen and oxygen atoms in total. The first-order valence-corrected chi connectivity index (χ1v) is 7.27. The number of benzene rings is 2. The second-order valence-corrected chi connectivity index (χ2v) is 5.64. The van der Waals surface area contributed by atoms with Crippen molar-refractivity contribution in [3.8, 4) is 0 Å². The predicted molar refractivity (Wildman–Crippen MR) is 80.5 cm³/mol. The molecule has 2 N–H and O–H groups in total. The molecule has 2 rings (SSSR count). The number of hydrogen-bond acceptors (Lipinski definition) is 1. The van der Waals surface area contributed by atoms with Crippen LogP contribution in [-0.4, -0.2) is 6.54 Å². The Kier molecular flexibility index (Phi) is 5.26. The van der Waals surface area contributed by atoms with Crippen LogP contribution in [0.1, 0.15) is 11.1 Å². The molecule has 20 heavy (non-hydrogen) atoms. The lowest BCUT2D eigenvalue weighted by atomic mass is 9.92. The summed E-state index contributed by atoms with van der Waals surface area (Å²) in [7, 11) is 0. The van der Waals surface area contributed by atoms with Gasteiger partial charge in [0, 0.05) is 0 Å². The highest BCUT2D eigenvalue weighted by Gasteiger charge is 2.13. The molecule has 0 aromatic heterocycles. The van der Waals surface area contributed by atoms with E-state index in [2.05, 4.69) is 15.9 Å². The topological polar surface area (TPSA) is 26.0 Å². The van der Waals surface area contributed by atoms with Gasteiger partial charge in [-0.05, 0) is 70.6 Å². The Hall–Kier alpha value is -1.26. The molecule has 0 saturated heterocycles. The molecule has 0 aliphatic carbocycles. The lowest BCUT2D eigenvalue weighted by Gasteiger charge is -2.16. The number of nitrogens with two attached hydrogens (primary N) is 1. The van der Waals surface area contributed by atoms with Crippen LogP contribution in [0.15, 0.2) is 46.9 Å². The maximum Gasteiger partial charge on any atom is 0.137 e. The molecule has 0 saturated carbocycles. The Morgan fingerprint density at radius 3 is 2.35 bits per heavy atom. The van der Waals surface area contributed by atoms with E-state index in [1.807, 2.05) is 6.07 Å². The van der Waals surface area contributed by atoms with Crippen LogP contribution >= 0.6 is 15.9 Å². The molecule has 1 unspecified atom stereocenters. The minimum atomic E-state index is -0.264. The maximum atomic E-state index is 13.5. The van der Waals surface area contributed by atoms with E-state index in [1.165, 1.54) is 18.2 Å². The highest BCUT2D eigenvalue weighted by atomic mass is 79.9. The first-order chi connectivity index (χ1) is 9.60. The summed E-state index contributed by atoms with van der Waals surface area (Å²) < 4.78 is 26.9. The van der Waals surface area contributed by atoms with Gasteiger partial charge in [0.2, 0.25) is 0 Å². The molecule has 2 aromatic rings. The third kappa shape index (κ3) is 3.87. The number of rotatable bonds is 5. The molecular weight excluding hydrogens is 324 g/mol. The first kappa shape index (κ1) is 15.1. The van der Waals surface area contributed by atoms with Gasteiger partial charge in [0.15, 0.2) is 0 Å². The van der Waals surface area contributed by atoms with Crippen molar-refractivity contribution in [2.45, 2.75) is 12.8 Å². The van der Waals surface area contributed by atoms with E-state index in [4.69, 9.17) is 5.73 Å². The fourth-order valence-corrected chi connectivity index (χ4v) is 2.64.